The van der Waals surface area contributed by atoms with Crippen LogP contribution in [0.15, 0.2) is 47.6 Å². The Balaban J connectivity index is 2.03. The first-order chi connectivity index (χ1) is 11.8. The first kappa shape index (κ1) is 17.6. The molecule has 0 saturated carbocycles. The Bertz CT molecular complexity index is 999. The molecule has 0 aliphatic rings. The number of nitrogens with zero attached hydrogens (tertiary/aromatic N) is 3. The van der Waals surface area contributed by atoms with Gasteiger partial charge in [-0.3, -0.25) is 0 Å². The summed E-state index contributed by atoms with van der Waals surface area (Å²) in [6.07, 6.45) is 3.64. The van der Waals surface area contributed by atoms with Gasteiger partial charge in [0.2, 0.25) is 10.0 Å². The van der Waals surface area contributed by atoms with E-state index in [-0.39, 0.29) is 6.54 Å². The molecule has 25 heavy (non-hydrogen) atoms. The maximum Gasteiger partial charge on any atom is 0.243 e. The van der Waals surface area contributed by atoms with Crippen LogP contribution in [0.5, 0.6) is 0 Å². The molecule has 0 aliphatic carbocycles. The number of imidazole rings is 1. The van der Waals surface area contributed by atoms with Gasteiger partial charge in [-0.1, -0.05) is 30.7 Å². The molecule has 0 saturated heterocycles. The predicted molar refractivity (Wildman–Crippen MR) is 99.1 cm³/mol. The summed E-state index contributed by atoms with van der Waals surface area (Å²) in [5, 5.41) is 0. The minimum Gasteiger partial charge on any atom is -0.303 e. The number of hydrogen-bond acceptors (Lipinski definition) is 3. The van der Waals surface area contributed by atoms with E-state index in [1.165, 1.54) is 4.31 Å². The lowest BCUT2D eigenvalue weighted by Crippen LogP contribution is -2.32. The van der Waals surface area contributed by atoms with Crippen LogP contribution < -0.4 is 0 Å². The maximum absolute atomic E-state index is 13.3. The summed E-state index contributed by atoms with van der Waals surface area (Å²) in [6, 6.07) is 9.57. The van der Waals surface area contributed by atoms with E-state index in [2.05, 4.69) is 4.98 Å². The quantitative estimate of drug-likeness (QED) is 0.702. The number of sulfonamides is 1. The smallest absolute Gasteiger partial charge is 0.243 e. The maximum atomic E-state index is 13.3. The SMILES string of the molecule is CCN(Cc1cnc2ccccn12)S(=O)(=O)c1c(C)cc(C)cc1C. The second-order valence-electron chi connectivity index (χ2n) is 6.34. The monoisotopic (exact) mass is 357 g/mol. The third kappa shape index (κ3) is 3.19. The molecule has 132 valence electrons. The van der Waals surface area contributed by atoms with E-state index in [4.69, 9.17) is 0 Å². The van der Waals surface area contributed by atoms with Gasteiger partial charge >= 0.3 is 0 Å². The highest BCUT2D eigenvalue weighted by molar-refractivity contribution is 7.89. The zero-order valence-corrected chi connectivity index (χ0v) is 15.8. The van der Waals surface area contributed by atoms with Gasteiger partial charge in [0, 0.05) is 12.7 Å². The van der Waals surface area contributed by atoms with Crippen molar-refractivity contribution in [1.82, 2.24) is 13.7 Å². The number of aromatic nitrogens is 2. The van der Waals surface area contributed by atoms with Crippen LogP contribution in [0.1, 0.15) is 29.3 Å². The largest absolute Gasteiger partial charge is 0.303 e. The molecule has 3 rings (SSSR count). The average Bonchev–Trinajstić information content (AvgIpc) is 2.94. The van der Waals surface area contributed by atoms with Gasteiger partial charge in [0.25, 0.3) is 0 Å². The molecule has 0 radical (unpaired) electrons. The fraction of sp³-hybridized carbons (Fsp3) is 0.316. The molecule has 0 N–H and O–H groups in total. The van der Waals surface area contributed by atoms with Crippen molar-refractivity contribution in [2.75, 3.05) is 6.54 Å². The van der Waals surface area contributed by atoms with E-state index >= 15 is 0 Å². The first-order valence-electron chi connectivity index (χ1n) is 8.33. The number of benzene rings is 1. The summed E-state index contributed by atoms with van der Waals surface area (Å²) in [4.78, 5) is 4.76. The summed E-state index contributed by atoms with van der Waals surface area (Å²) in [5.74, 6) is 0. The summed E-state index contributed by atoms with van der Waals surface area (Å²) in [5.41, 5.74) is 4.30. The van der Waals surface area contributed by atoms with E-state index in [0.717, 1.165) is 28.0 Å². The van der Waals surface area contributed by atoms with Crippen LogP contribution in [0, 0.1) is 20.8 Å². The van der Waals surface area contributed by atoms with Crippen molar-refractivity contribution in [3.05, 3.63) is 65.1 Å². The third-order valence-electron chi connectivity index (χ3n) is 4.39. The highest BCUT2D eigenvalue weighted by atomic mass is 32.2. The molecule has 0 atom stereocenters. The second-order valence-corrected chi connectivity index (χ2v) is 8.21. The van der Waals surface area contributed by atoms with E-state index in [0.29, 0.717) is 11.4 Å². The van der Waals surface area contributed by atoms with Crippen molar-refractivity contribution in [3.63, 3.8) is 0 Å². The van der Waals surface area contributed by atoms with Crippen molar-refractivity contribution in [1.29, 1.82) is 0 Å². The van der Waals surface area contributed by atoms with Crippen molar-refractivity contribution < 1.29 is 8.42 Å². The van der Waals surface area contributed by atoms with Crippen molar-refractivity contribution in [3.8, 4) is 0 Å². The van der Waals surface area contributed by atoms with Crippen molar-refractivity contribution in [2.45, 2.75) is 39.1 Å². The van der Waals surface area contributed by atoms with E-state index < -0.39 is 10.0 Å². The Morgan fingerprint density at radius 1 is 1.12 bits per heavy atom. The fourth-order valence-corrected chi connectivity index (χ4v) is 5.18. The van der Waals surface area contributed by atoms with Gasteiger partial charge in [-0.2, -0.15) is 4.31 Å². The Morgan fingerprint density at radius 3 is 2.44 bits per heavy atom. The Morgan fingerprint density at radius 2 is 1.80 bits per heavy atom. The number of fused-ring (bicyclic) bond motifs is 1. The molecule has 5 nitrogen and oxygen atoms in total. The van der Waals surface area contributed by atoms with Crippen LogP contribution in [0.25, 0.3) is 5.65 Å². The molecule has 0 spiro atoms. The Kier molecular flexibility index (Phi) is 4.67. The molecule has 0 fully saturated rings. The second kappa shape index (κ2) is 6.61. The summed E-state index contributed by atoms with van der Waals surface area (Å²) in [6.45, 7) is 8.24. The zero-order valence-electron chi connectivity index (χ0n) is 15.0. The van der Waals surface area contributed by atoms with Crippen LogP contribution in [0.4, 0.5) is 0 Å². The molecule has 6 heteroatoms. The normalized spacial score (nSPS) is 12.2. The first-order valence-corrected chi connectivity index (χ1v) is 9.77. The summed E-state index contributed by atoms with van der Waals surface area (Å²) >= 11 is 0. The van der Waals surface area contributed by atoms with Gasteiger partial charge in [0.1, 0.15) is 5.65 Å². The van der Waals surface area contributed by atoms with Gasteiger partial charge in [0.15, 0.2) is 0 Å². The Hall–Kier alpha value is -2.18. The topological polar surface area (TPSA) is 54.7 Å². The highest BCUT2D eigenvalue weighted by Gasteiger charge is 2.27. The van der Waals surface area contributed by atoms with E-state index in [1.807, 2.05) is 68.6 Å². The minimum absolute atomic E-state index is 0.288. The molecular formula is C19H23N3O2S. The predicted octanol–water partition coefficient (Wildman–Crippen LogP) is 3.47. The molecule has 0 amide bonds. The zero-order chi connectivity index (χ0) is 18.2. The molecule has 0 aliphatic heterocycles. The lowest BCUT2D eigenvalue weighted by atomic mass is 10.1. The number of rotatable bonds is 5. The van der Waals surface area contributed by atoms with Crippen LogP contribution in [-0.4, -0.2) is 28.7 Å². The lowest BCUT2D eigenvalue weighted by Gasteiger charge is -2.23. The number of pyridine rings is 1. The van der Waals surface area contributed by atoms with Gasteiger partial charge in [-0.25, -0.2) is 13.4 Å². The summed E-state index contributed by atoms with van der Waals surface area (Å²) in [7, 11) is -3.58. The minimum atomic E-state index is -3.58. The summed E-state index contributed by atoms with van der Waals surface area (Å²) < 4.78 is 30.0. The molecule has 2 heterocycles. The lowest BCUT2D eigenvalue weighted by molar-refractivity contribution is 0.417. The molecule has 0 bridgehead atoms. The molecule has 3 aromatic rings. The van der Waals surface area contributed by atoms with Crippen LogP contribution in [0.3, 0.4) is 0 Å². The van der Waals surface area contributed by atoms with Crippen LogP contribution in [-0.2, 0) is 16.6 Å². The Labute approximate surface area is 149 Å². The fourth-order valence-electron chi connectivity index (χ4n) is 3.35. The molecular weight excluding hydrogens is 334 g/mol. The van der Waals surface area contributed by atoms with Gasteiger partial charge in [-0.15, -0.1) is 0 Å². The van der Waals surface area contributed by atoms with Crippen LogP contribution >= 0.6 is 0 Å². The third-order valence-corrected chi connectivity index (χ3v) is 6.61. The van der Waals surface area contributed by atoms with Gasteiger partial charge in [-0.05, 0) is 44.0 Å². The highest BCUT2D eigenvalue weighted by Crippen LogP contribution is 2.26. The van der Waals surface area contributed by atoms with E-state index in [9.17, 15) is 8.42 Å². The standard InChI is InChI=1S/C19H23N3O2S/c1-5-21(13-17-12-20-18-8-6-7-9-22(17)18)25(23,24)19-15(3)10-14(2)11-16(19)4/h6-12H,5,13H2,1-4H3. The van der Waals surface area contributed by atoms with Crippen molar-refractivity contribution >= 4 is 15.7 Å². The average molecular weight is 357 g/mol. The number of hydrogen-bond donors (Lipinski definition) is 0. The van der Waals surface area contributed by atoms with Gasteiger partial charge < -0.3 is 4.40 Å². The molecule has 1 aromatic carbocycles. The van der Waals surface area contributed by atoms with Gasteiger partial charge in [0.05, 0.1) is 23.3 Å². The van der Waals surface area contributed by atoms with Crippen LogP contribution in [0.2, 0.25) is 0 Å². The van der Waals surface area contributed by atoms with E-state index in [1.54, 1.807) is 6.20 Å². The molecule has 0 unspecified atom stereocenters. The van der Waals surface area contributed by atoms with Crippen molar-refractivity contribution in [2.24, 2.45) is 0 Å². The number of aryl methyl sites for hydroxylation is 3. The molecule has 2 aromatic heterocycles.